The van der Waals surface area contributed by atoms with Gasteiger partial charge in [-0.2, -0.15) is 0 Å². The molecule has 0 spiro atoms. The van der Waals surface area contributed by atoms with Crippen LogP contribution in [-0.4, -0.2) is 28.4 Å². The molecule has 0 atom stereocenters. The van der Waals surface area contributed by atoms with Crippen molar-refractivity contribution in [1.82, 2.24) is 19.9 Å². The first-order chi connectivity index (χ1) is 12.6. The number of para-hydroxylation sites is 2. The third-order valence-corrected chi connectivity index (χ3v) is 4.95. The molecular weight excluding hydrogens is 352 g/mol. The number of benzene rings is 2. The maximum absolute atomic E-state index is 12.4. The second kappa shape index (κ2) is 6.45. The monoisotopic (exact) mass is 366 g/mol. The van der Waals surface area contributed by atoms with Gasteiger partial charge in [-0.25, -0.2) is 28.1 Å². The van der Waals surface area contributed by atoms with Crippen molar-refractivity contribution >= 4 is 38.6 Å². The highest BCUT2D eigenvalue weighted by atomic mass is 32.2. The zero-order chi connectivity index (χ0) is 18.0. The van der Waals surface area contributed by atoms with Gasteiger partial charge in [0.05, 0.1) is 15.9 Å². The van der Waals surface area contributed by atoms with Crippen molar-refractivity contribution in [2.75, 3.05) is 10.0 Å². The molecule has 3 N–H and O–H groups in total. The zero-order valence-corrected chi connectivity index (χ0v) is 14.2. The quantitative estimate of drug-likeness (QED) is 0.501. The first kappa shape index (κ1) is 16.0. The summed E-state index contributed by atoms with van der Waals surface area (Å²) in [7, 11) is -3.75. The molecule has 130 valence electrons. The summed E-state index contributed by atoms with van der Waals surface area (Å²) >= 11 is 0. The lowest BCUT2D eigenvalue weighted by Crippen LogP contribution is -2.14. The third kappa shape index (κ3) is 3.33. The third-order valence-electron chi connectivity index (χ3n) is 3.61. The van der Waals surface area contributed by atoms with E-state index in [-0.39, 0.29) is 10.8 Å². The molecule has 0 aliphatic carbocycles. The standard InChI is InChI=1S/C17H14N6O2S/c24-26(25,23-16-18-10-3-11-19-16)13-8-6-12(7-9-13)20-17-21-14-4-1-2-5-15(14)22-17/h1-11H,(H,18,19,23)(H2,20,21,22). The van der Waals surface area contributed by atoms with Crippen molar-refractivity contribution in [3.63, 3.8) is 0 Å². The van der Waals surface area contributed by atoms with Crippen LogP contribution in [0.3, 0.4) is 0 Å². The molecule has 0 aliphatic rings. The molecule has 0 unspecified atom stereocenters. The van der Waals surface area contributed by atoms with Gasteiger partial charge in [0.25, 0.3) is 10.0 Å². The average molecular weight is 366 g/mol. The molecule has 26 heavy (non-hydrogen) atoms. The van der Waals surface area contributed by atoms with E-state index < -0.39 is 10.0 Å². The van der Waals surface area contributed by atoms with Crippen molar-refractivity contribution in [3.05, 3.63) is 67.0 Å². The number of aromatic nitrogens is 4. The molecular formula is C17H14N6O2S. The summed E-state index contributed by atoms with van der Waals surface area (Å²) in [4.78, 5) is 15.4. The van der Waals surface area contributed by atoms with E-state index in [0.29, 0.717) is 11.6 Å². The molecule has 4 rings (SSSR count). The lowest BCUT2D eigenvalue weighted by atomic mass is 10.3. The average Bonchev–Trinajstić information content (AvgIpc) is 3.05. The van der Waals surface area contributed by atoms with Gasteiger partial charge in [-0.05, 0) is 42.5 Å². The Morgan fingerprint density at radius 1 is 0.885 bits per heavy atom. The summed E-state index contributed by atoms with van der Waals surface area (Å²) in [5.41, 5.74) is 2.47. The molecule has 0 aliphatic heterocycles. The number of anilines is 3. The Morgan fingerprint density at radius 2 is 1.62 bits per heavy atom. The first-order valence-electron chi connectivity index (χ1n) is 7.72. The van der Waals surface area contributed by atoms with Crippen LogP contribution in [0.2, 0.25) is 0 Å². The highest BCUT2D eigenvalue weighted by Crippen LogP contribution is 2.20. The van der Waals surface area contributed by atoms with E-state index in [2.05, 4.69) is 30.0 Å². The van der Waals surface area contributed by atoms with Gasteiger partial charge in [-0.3, -0.25) is 0 Å². The van der Waals surface area contributed by atoms with Crippen molar-refractivity contribution < 1.29 is 8.42 Å². The van der Waals surface area contributed by atoms with Crippen LogP contribution in [0.5, 0.6) is 0 Å². The summed E-state index contributed by atoms with van der Waals surface area (Å²) < 4.78 is 27.0. The Bertz CT molecular complexity index is 1110. The van der Waals surface area contributed by atoms with Crippen LogP contribution in [-0.2, 0) is 10.0 Å². The number of nitrogens with zero attached hydrogens (tertiary/aromatic N) is 3. The van der Waals surface area contributed by atoms with E-state index in [1.54, 1.807) is 18.2 Å². The van der Waals surface area contributed by atoms with Gasteiger partial charge >= 0.3 is 0 Å². The highest BCUT2D eigenvalue weighted by Gasteiger charge is 2.15. The Morgan fingerprint density at radius 3 is 2.35 bits per heavy atom. The number of H-pyrrole nitrogens is 1. The largest absolute Gasteiger partial charge is 0.326 e. The number of hydrogen-bond donors (Lipinski definition) is 3. The van der Waals surface area contributed by atoms with E-state index in [1.165, 1.54) is 24.5 Å². The fraction of sp³-hybridized carbons (Fsp3) is 0. The van der Waals surface area contributed by atoms with Crippen molar-refractivity contribution in [3.8, 4) is 0 Å². The fourth-order valence-corrected chi connectivity index (χ4v) is 3.36. The molecule has 0 amide bonds. The molecule has 8 nitrogen and oxygen atoms in total. The van der Waals surface area contributed by atoms with Crippen LogP contribution in [0.15, 0.2) is 71.9 Å². The maximum atomic E-state index is 12.4. The molecule has 9 heteroatoms. The molecule has 0 bridgehead atoms. The number of fused-ring (bicyclic) bond motifs is 1. The second-order valence-electron chi connectivity index (χ2n) is 5.43. The minimum absolute atomic E-state index is 0.0250. The summed E-state index contributed by atoms with van der Waals surface area (Å²) in [6, 6.07) is 15.6. The van der Waals surface area contributed by atoms with E-state index in [9.17, 15) is 8.42 Å². The summed E-state index contributed by atoms with van der Waals surface area (Å²) in [5, 5.41) is 3.12. The van der Waals surface area contributed by atoms with E-state index >= 15 is 0 Å². The van der Waals surface area contributed by atoms with Crippen molar-refractivity contribution in [2.24, 2.45) is 0 Å². The fourth-order valence-electron chi connectivity index (χ4n) is 2.40. The van der Waals surface area contributed by atoms with Gasteiger partial charge in [0.1, 0.15) is 0 Å². The van der Waals surface area contributed by atoms with Crippen LogP contribution < -0.4 is 10.0 Å². The predicted octanol–water partition coefficient (Wildman–Crippen LogP) is 2.90. The molecule has 0 fully saturated rings. The smallest absolute Gasteiger partial charge is 0.264 e. The topological polar surface area (TPSA) is 113 Å². The highest BCUT2D eigenvalue weighted by molar-refractivity contribution is 7.92. The van der Waals surface area contributed by atoms with E-state index in [0.717, 1.165) is 11.0 Å². The Hall–Kier alpha value is -3.46. The van der Waals surface area contributed by atoms with Gasteiger partial charge in [0.2, 0.25) is 11.9 Å². The number of imidazole rings is 1. The molecule has 0 saturated carbocycles. The molecule has 0 saturated heterocycles. The Labute approximate surface area is 149 Å². The number of nitrogens with one attached hydrogen (secondary N) is 3. The maximum Gasteiger partial charge on any atom is 0.264 e. The number of rotatable bonds is 5. The molecule has 2 aromatic heterocycles. The Balaban J connectivity index is 1.52. The summed E-state index contributed by atoms with van der Waals surface area (Å²) in [5.74, 6) is 0.606. The lowest BCUT2D eigenvalue weighted by Gasteiger charge is -2.07. The van der Waals surface area contributed by atoms with Gasteiger partial charge in [0, 0.05) is 18.1 Å². The minimum Gasteiger partial charge on any atom is -0.326 e. The zero-order valence-electron chi connectivity index (χ0n) is 13.4. The number of aromatic amines is 1. The molecule has 2 heterocycles. The minimum atomic E-state index is -3.75. The number of sulfonamides is 1. The van der Waals surface area contributed by atoms with Gasteiger partial charge in [-0.15, -0.1) is 0 Å². The van der Waals surface area contributed by atoms with Crippen LogP contribution in [0.1, 0.15) is 0 Å². The second-order valence-corrected chi connectivity index (χ2v) is 7.11. The van der Waals surface area contributed by atoms with Crippen LogP contribution in [0, 0.1) is 0 Å². The van der Waals surface area contributed by atoms with Crippen LogP contribution in [0.4, 0.5) is 17.6 Å². The van der Waals surface area contributed by atoms with Crippen LogP contribution >= 0.6 is 0 Å². The first-order valence-corrected chi connectivity index (χ1v) is 9.20. The van der Waals surface area contributed by atoms with Gasteiger partial charge < -0.3 is 10.3 Å². The van der Waals surface area contributed by atoms with Gasteiger partial charge in [0.15, 0.2) is 0 Å². The normalized spacial score (nSPS) is 11.4. The van der Waals surface area contributed by atoms with Gasteiger partial charge in [-0.1, -0.05) is 12.1 Å². The van der Waals surface area contributed by atoms with Crippen molar-refractivity contribution in [1.29, 1.82) is 0 Å². The predicted molar refractivity (Wildman–Crippen MR) is 98.7 cm³/mol. The molecule has 0 radical (unpaired) electrons. The van der Waals surface area contributed by atoms with E-state index in [4.69, 9.17) is 0 Å². The summed E-state index contributed by atoms with van der Waals surface area (Å²) in [6.07, 6.45) is 2.93. The van der Waals surface area contributed by atoms with E-state index in [1.807, 2.05) is 24.3 Å². The van der Waals surface area contributed by atoms with Crippen LogP contribution in [0.25, 0.3) is 11.0 Å². The number of hydrogen-bond acceptors (Lipinski definition) is 6. The molecule has 2 aromatic carbocycles. The molecule has 4 aromatic rings. The Kier molecular flexibility index (Phi) is 3.98. The van der Waals surface area contributed by atoms with Crippen molar-refractivity contribution in [2.45, 2.75) is 4.90 Å². The summed E-state index contributed by atoms with van der Waals surface area (Å²) in [6.45, 7) is 0. The SMILES string of the molecule is O=S(=O)(Nc1ncccn1)c1ccc(Nc2nc3ccccc3[nH]2)cc1. The lowest BCUT2D eigenvalue weighted by molar-refractivity contribution is 0.601.